The molecule has 0 bridgehead atoms. The van der Waals surface area contributed by atoms with Crippen LogP contribution < -0.4 is 10.2 Å². The average molecular weight is 455 g/mol. The first-order valence-electron chi connectivity index (χ1n) is 9.52. The number of hydrogen-bond donors (Lipinski definition) is 1. The summed E-state index contributed by atoms with van der Waals surface area (Å²) in [6, 6.07) is 12.0. The van der Waals surface area contributed by atoms with Gasteiger partial charge in [-0.25, -0.2) is 0 Å². The zero-order valence-electron chi connectivity index (χ0n) is 16.1. The molecule has 0 atom stereocenters. The fraction of sp³-hybridized carbons (Fsp3) is 0.130. The van der Waals surface area contributed by atoms with Gasteiger partial charge in [0.15, 0.2) is 5.76 Å². The highest BCUT2D eigenvalue weighted by molar-refractivity contribution is 6.42. The number of hydrogen-bond acceptors (Lipinski definition) is 6. The summed E-state index contributed by atoms with van der Waals surface area (Å²) in [5.74, 6) is 0.208. The number of pyridine rings is 1. The lowest BCUT2D eigenvalue weighted by molar-refractivity contribution is 0.0890. The minimum atomic E-state index is -0.517. The molecule has 0 amide bonds. The van der Waals surface area contributed by atoms with Gasteiger partial charge in [-0.2, -0.15) is 0 Å². The first kappa shape index (κ1) is 19.9. The molecule has 0 spiro atoms. The van der Waals surface area contributed by atoms with Crippen molar-refractivity contribution in [3.05, 3.63) is 86.3 Å². The van der Waals surface area contributed by atoms with Crippen LogP contribution in [0.3, 0.4) is 0 Å². The number of aromatic nitrogens is 1. The van der Waals surface area contributed by atoms with Gasteiger partial charge in [0, 0.05) is 31.0 Å². The van der Waals surface area contributed by atoms with E-state index in [0.717, 1.165) is 11.1 Å². The van der Waals surface area contributed by atoms with Gasteiger partial charge in [-0.15, -0.1) is 0 Å². The zero-order chi connectivity index (χ0) is 21.5. The van der Waals surface area contributed by atoms with E-state index in [1.54, 1.807) is 42.7 Å². The summed E-state index contributed by atoms with van der Waals surface area (Å²) in [5, 5.41) is 11.5. The summed E-state index contributed by atoms with van der Waals surface area (Å²) in [6.07, 6.45) is 3.49. The molecule has 6 nitrogen and oxygen atoms in total. The van der Waals surface area contributed by atoms with Crippen molar-refractivity contribution in [1.82, 2.24) is 9.88 Å². The van der Waals surface area contributed by atoms with Crippen molar-refractivity contribution in [2.45, 2.75) is 13.1 Å². The van der Waals surface area contributed by atoms with E-state index in [2.05, 4.69) is 9.88 Å². The standard InChI is InChI=1S/C23H16Cl2N2O4/c24-17-3-1-14(9-18(17)25)22-21(29)20(28)15-2-4-19-16(23(15)31-22)11-27(12-30-19)10-13-5-7-26-8-6-13/h1-9,29H,10-12H2. The maximum Gasteiger partial charge on any atom is 0.235 e. The largest absolute Gasteiger partial charge is 0.502 e. The fourth-order valence-corrected chi connectivity index (χ4v) is 3.98. The Morgan fingerprint density at radius 2 is 1.87 bits per heavy atom. The van der Waals surface area contributed by atoms with Crippen molar-refractivity contribution in [2.75, 3.05) is 6.73 Å². The highest BCUT2D eigenvalue weighted by Crippen LogP contribution is 2.38. The van der Waals surface area contributed by atoms with Crippen LogP contribution in [0.15, 0.2) is 64.1 Å². The first-order valence-corrected chi connectivity index (χ1v) is 10.3. The molecule has 0 unspecified atom stereocenters. The summed E-state index contributed by atoms with van der Waals surface area (Å²) in [4.78, 5) is 19.0. The van der Waals surface area contributed by atoms with Crippen LogP contribution in [-0.2, 0) is 13.1 Å². The lowest BCUT2D eigenvalue weighted by Gasteiger charge is -2.29. The molecule has 0 radical (unpaired) electrons. The number of ether oxygens (including phenoxy) is 1. The molecule has 1 aliphatic heterocycles. The third kappa shape index (κ3) is 3.63. The quantitative estimate of drug-likeness (QED) is 0.457. The normalized spacial score (nSPS) is 13.7. The highest BCUT2D eigenvalue weighted by Gasteiger charge is 2.25. The van der Waals surface area contributed by atoms with Crippen molar-refractivity contribution in [1.29, 1.82) is 0 Å². The van der Waals surface area contributed by atoms with Gasteiger partial charge in [0.25, 0.3) is 0 Å². The topological polar surface area (TPSA) is 75.8 Å². The summed E-state index contributed by atoms with van der Waals surface area (Å²) < 4.78 is 12.0. The molecule has 1 aliphatic rings. The van der Waals surface area contributed by atoms with E-state index in [4.69, 9.17) is 32.4 Å². The SMILES string of the molecule is O=c1c(O)c(-c2ccc(Cl)c(Cl)c2)oc2c3c(ccc12)OCN(Cc1ccncc1)C3. The molecule has 1 N–H and O–H groups in total. The maximum absolute atomic E-state index is 12.9. The molecule has 4 aromatic rings. The van der Waals surface area contributed by atoms with E-state index in [0.29, 0.717) is 46.8 Å². The number of fused-ring (bicyclic) bond motifs is 3. The maximum atomic E-state index is 12.9. The minimum Gasteiger partial charge on any atom is -0.502 e. The molecule has 0 fully saturated rings. The second kappa shape index (κ2) is 7.89. The van der Waals surface area contributed by atoms with Crippen LogP contribution in [-0.4, -0.2) is 21.7 Å². The Kier molecular flexibility index (Phi) is 5.06. The van der Waals surface area contributed by atoms with Gasteiger partial charge in [-0.05, 0) is 48.0 Å². The molecular weight excluding hydrogens is 439 g/mol. The van der Waals surface area contributed by atoms with Gasteiger partial charge in [0.05, 0.1) is 21.0 Å². The Hall–Kier alpha value is -3.06. The molecule has 0 aliphatic carbocycles. The molecule has 8 heteroatoms. The van der Waals surface area contributed by atoms with Crippen molar-refractivity contribution in [2.24, 2.45) is 0 Å². The van der Waals surface area contributed by atoms with E-state index in [1.807, 2.05) is 12.1 Å². The van der Waals surface area contributed by atoms with Crippen molar-refractivity contribution in [3.8, 4) is 22.8 Å². The molecule has 156 valence electrons. The van der Waals surface area contributed by atoms with Crippen LogP contribution in [0.5, 0.6) is 11.5 Å². The van der Waals surface area contributed by atoms with Gasteiger partial charge in [0.2, 0.25) is 11.2 Å². The smallest absolute Gasteiger partial charge is 0.235 e. The zero-order valence-corrected chi connectivity index (χ0v) is 17.7. The first-order chi connectivity index (χ1) is 15.0. The van der Waals surface area contributed by atoms with E-state index >= 15 is 0 Å². The number of rotatable bonds is 3. The van der Waals surface area contributed by atoms with Gasteiger partial charge in [0.1, 0.15) is 18.1 Å². The van der Waals surface area contributed by atoms with E-state index in [9.17, 15) is 9.90 Å². The lowest BCUT2D eigenvalue weighted by Crippen LogP contribution is -2.31. The lowest BCUT2D eigenvalue weighted by atomic mass is 10.1. The third-order valence-corrected chi connectivity index (χ3v) is 5.96. The number of halogens is 2. The van der Waals surface area contributed by atoms with E-state index in [1.165, 1.54) is 0 Å². The summed E-state index contributed by atoms with van der Waals surface area (Å²) in [5.41, 5.74) is 2.15. The molecular formula is C23H16Cl2N2O4. The van der Waals surface area contributed by atoms with Gasteiger partial charge in [-0.1, -0.05) is 23.2 Å². The van der Waals surface area contributed by atoms with Crippen LogP contribution in [0.4, 0.5) is 0 Å². The predicted octanol–water partition coefficient (Wildman–Crippen LogP) is 5.22. The second-order valence-electron chi connectivity index (χ2n) is 7.27. The number of benzene rings is 2. The van der Waals surface area contributed by atoms with Crippen LogP contribution in [0.2, 0.25) is 10.0 Å². The van der Waals surface area contributed by atoms with E-state index < -0.39 is 11.2 Å². The number of nitrogens with zero attached hydrogens (tertiary/aromatic N) is 2. The van der Waals surface area contributed by atoms with Crippen molar-refractivity contribution < 1.29 is 14.3 Å². The Morgan fingerprint density at radius 1 is 1.06 bits per heavy atom. The predicted molar refractivity (Wildman–Crippen MR) is 119 cm³/mol. The Balaban J connectivity index is 1.62. The Morgan fingerprint density at radius 3 is 2.65 bits per heavy atom. The van der Waals surface area contributed by atoms with Gasteiger partial charge < -0.3 is 14.3 Å². The van der Waals surface area contributed by atoms with Gasteiger partial charge >= 0.3 is 0 Å². The fourth-order valence-electron chi connectivity index (χ4n) is 3.68. The van der Waals surface area contributed by atoms with Crippen molar-refractivity contribution >= 4 is 34.2 Å². The average Bonchev–Trinajstić information content (AvgIpc) is 2.78. The van der Waals surface area contributed by atoms with Crippen LogP contribution in [0.1, 0.15) is 11.1 Å². The van der Waals surface area contributed by atoms with Crippen LogP contribution >= 0.6 is 23.2 Å². The van der Waals surface area contributed by atoms with Gasteiger partial charge in [-0.3, -0.25) is 14.7 Å². The number of aromatic hydroxyl groups is 1. The Labute approximate surface area is 187 Å². The summed E-state index contributed by atoms with van der Waals surface area (Å²) in [6.45, 7) is 1.58. The molecule has 31 heavy (non-hydrogen) atoms. The molecule has 2 aromatic heterocycles. The Bertz CT molecular complexity index is 1360. The third-order valence-electron chi connectivity index (χ3n) is 5.22. The molecule has 0 saturated carbocycles. The molecule has 2 aromatic carbocycles. The van der Waals surface area contributed by atoms with Crippen LogP contribution in [0, 0.1) is 0 Å². The summed E-state index contributed by atoms with van der Waals surface area (Å²) in [7, 11) is 0. The highest BCUT2D eigenvalue weighted by atomic mass is 35.5. The minimum absolute atomic E-state index is 0.0377. The van der Waals surface area contributed by atoms with Crippen molar-refractivity contribution in [3.63, 3.8) is 0 Å². The summed E-state index contributed by atoms with van der Waals surface area (Å²) >= 11 is 12.1. The molecule has 3 heterocycles. The monoisotopic (exact) mass is 454 g/mol. The van der Waals surface area contributed by atoms with Crippen LogP contribution in [0.25, 0.3) is 22.3 Å². The molecule has 5 rings (SSSR count). The second-order valence-corrected chi connectivity index (χ2v) is 8.09. The molecule has 0 saturated heterocycles. The van der Waals surface area contributed by atoms with E-state index in [-0.39, 0.29) is 11.1 Å².